The van der Waals surface area contributed by atoms with Crippen LogP contribution in [0.15, 0.2) is 52.8 Å². The maximum Gasteiger partial charge on any atom is 0.326 e. The van der Waals surface area contributed by atoms with Gasteiger partial charge in [-0.25, -0.2) is 14.8 Å². The Hall–Kier alpha value is -3.04. The summed E-state index contributed by atoms with van der Waals surface area (Å²) in [5.41, 5.74) is 3.84. The number of aromatic nitrogens is 3. The highest BCUT2D eigenvalue weighted by Gasteiger charge is 2.53. The Morgan fingerprint density at radius 1 is 1.16 bits per heavy atom. The van der Waals surface area contributed by atoms with E-state index in [1.807, 2.05) is 36.4 Å². The van der Waals surface area contributed by atoms with Crippen LogP contribution in [0.25, 0.3) is 16.9 Å². The first-order valence-electron chi connectivity index (χ1n) is 13.6. The number of benzene rings is 1. The summed E-state index contributed by atoms with van der Waals surface area (Å²) >= 11 is 3.41. The monoisotopic (exact) mass is 577 g/mol. The molecular formula is C29H32BrN5O3. The summed E-state index contributed by atoms with van der Waals surface area (Å²) in [6.07, 6.45) is 8.85. The molecule has 8 nitrogen and oxygen atoms in total. The van der Waals surface area contributed by atoms with E-state index in [4.69, 9.17) is 4.98 Å². The molecule has 1 saturated heterocycles. The number of Topliss-reactive ketones (excluding diaryl/α,β-unsaturated/α-hetero) is 1. The van der Waals surface area contributed by atoms with Crippen LogP contribution in [-0.2, 0) is 16.0 Å². The number of allylic oxidation sites excluding steroid dienone is 2. The van der Waals surface area contributed by atoms with Gasteiger partial charge in [-0.1, -0.05) is 31.4 Å². The Morgan fingerprint density at radius 3 is 2.61 bits per heavy atom. The Bertz CT molecular complexity index is 1400. The first-order chi connectivity index (χ1) is 18.5. The molecule has 0 radical (unpaired) electrons. The second-order valence-electron chi connectivity index (χ2n) is 10.7. The van der Waals surface area contributed by atoms with Crippen molar-refractivity contribution < 1.29 is 14.7 Å². The van der Waals surface area contributed by atoms with Gasteiger partial charge in [0.1, 0.15) is 17.4 Å². The SMILES string of the molecule is O=C(O)[C@H](Cc1ccc(-n2c(C3CCNCC3)nc3cccnc32)cc1)NC1=C(Br)C(=O)C12CCCCC2. The summed E-state index contributed by atoms with van der Waals surface area (Å²) in [5.74, 6) is 0.570. The molecule has 0 amide bonds. The maximum atomic E-state index is 12.7. The minimum atomic E-state index is -0.926. The van der Waals surface area contributed by atoms with Gasteiger partial charge in [-0.15, -0.1) is 0 Å². The molecule has 1 atom stereocenters. The average molecular weight is 579 g/mol. The van der Waals surface area contributed by atoms with E-state index in [9.17, 15) is 14.7 Å². The first kappa shape index (κ1) is 25.2. The summed E-state index contributed by atoms with van der Waals surface area (Å²) in [6.45, 7) is 1.95. The van der Waals surface area contributed by atoms with Gasteiger partial charge in [0.2, 0.25) is 0 Å². The van der Waals surface area contributed by atoms with E-state index in [0.717, 1.165) is 92.0 Å². The topological polar surface area (TPSA) is 109 Å². The van der Waals surface area contributed by atoms with E-state index in [-0.39, 0.29) is 5.78 Å². The highest BCUT2D eigenvalue weighted by atomic mass is 79.9. The van der Waals surface area contributed by atoms with Gasteiger partial charge in [0.05, 0.1) is 9.90 Å². The van der Waals surface area contributed by atoms with Gasteiger partial charge in [-0.2, -0.15) is 0 Å². The van der Waals surface area contributed by atoms with Gasteiger partial charge in [0.15, 0.2) is 11.4 Å². The number of pyridine rings is 1. The lowest BCUT2D eigenvalue weighted by Crippen LogP contribution is -2.53. The van der Waals surface area contributed by atoms with Crippen LogP contribution in [0.1, 0.15) is 62.3 Å². The lowest BCUT2D eigenvalue weighted by molar-refractivity contribution is -0.140. The number of imidazole rings is 1. The summed E-state index contributed by atoms with van der Waals surface area (Å²) in [4.78, 5) is 34.6. The van der Waals surface area contributed by atoms with E-state index < -0.39 is 17.4 Å². The molecule has 9 heteroatoms. The highest BCUT2D eigenvalue weighted by Crippen LogP contribution is 2.53. The minimum Gasteiger partial charge on any atom is -0.480 e. The molecular weight excluding hydrogens is 546 g/mol. The zero-order valence-corrected chi connectivity index (χ0v) is 22.8. The van der Waals surface area contributed by atoms with Gasteiger partial charge in [-0.3, -0.25) is 9.36 Å². The Labute approximate surface area is 230 Å². The summed E-state index contributed by atoms with van der Waals surface area (Å²) in [5, 5.41) is 16.7. The largest absolute Gasteiger partial charge is 0.480 e. The number of carbonyl (C=O) groups excluding carboxylic acids is 1. The molecule has 198 valence electrons. The van der Waals surface area contributed by atoms with Gasteiger partial charge < -0.3 is 15.7 Å². The van der Waals surface area contributed by atoms with E-state index in [0.29, 0.717) is 16.8 Å². The van der Waals surface area contributed by atoms with Gasteiger partial charge >= 0.3 is 5.97 Å². The number of carboxylic acids is 1. The van der Waals surface area contributed by atoms with E-state index >= 15 is 0 Å². The molecule has 1 aliphatic heterocycles. The Morgan fingerprint density at radius 2 is 1.89 bits per heavy atom. The Balaban J connectivity index is 1.25. The molecule has 1 spiro atoms. The number of nitrogens with one attached hydrogen (secondary N) is 2. The molecule has 38 heavy (non-hydrogen) atoms. The average Bonchev–Trinajstić information content (AvgIpc) is 3.35. The number of halogens is 1. The molecule has 2 aliphatic carbocycles. The second kappa shape index (κ2) is 10.3. The number of piperidine rings is 1. The zero-order valence-electron chi connectivity index (χ0n) is 21.3. The van der Waals surface area contributed by atoms with Crippen molar-refractivity contribution in [1.29, 1.82) is 0 Å². The fraction of sp³-hybridized carbons (Fsp3) is 0.448. The summed E-state index contributed by atoms with van der Waals surface area (Å²) in [6, 6.07) is 11.1. The van der Waals surface area contributed by atoms with Crippen LogP contribution < -0.4 is 10.6 Å². The predicted octanol–water partition coefficient (Wildman–Crippen LogP) is 4.61. The molecule has 6 rings (SSSR count). The number of nitrogens with zero attached hydrogens (tertiary/aromatic N) is 3. The molecule has 3 N–H and O–H groups in total. The molecule has 1 saturated carbocycles. The third kappa shape index (κ3) is 4.35. The molecule has 3 heterocycles. The van der Waals surface area contributed by atoms with Crippen LogP contribution in [0.5, 0.6) is 0 Å². The molecule has 0 bridgehead atoms. The van der Waals surface area contributed by atoms with Gasteiger partial charge in [0.25, 0.3) is 0 Å². The molecule has 2 aromatic heterocycles. The van der Waals surface area contributed by atoms with Crippen LogP contribution in [0, 0.1) is 5.41 Å². The third-order valence-corrected chi connectivity index (χ3v) is 9.19. The predicted molar refractivity (Wildman–Crippen MR) is 148 cm³/mol. The number of rotatable bonds is 7. The number of hydrogen-bond donors (Lipinski definition) is 3. The number of carboxylic acid groups (broad SMARTS) is 1. The number of ketones is 1. The van der Waals surface area contributed by atoms with Crippen LogP contribution in [0.2, 0.25) is 0 Å². The van der Waals surface area contributed by atoms with Crippen LogP contribution in [0.3, 0.4) is 0 Å². The van der Waals surface area contributed by atoms with Crippen molar-refractivity contribution in [2.45, 2.75) is 63.3 Å². The van der Waals surface area contributed by atoms with Crippen LogP contribution in [-0.4, -0.2) is 50.5 Å². The summed E-state index contributed by atoms with van der Waals surface area (Å²) in [7, 11) is 0. The second-order valence-corrected chi connectivity index (χ2v) is 11.5. The number of carbonyl (C=O) groups is 2. The lowest BCUT2D eigenvalue weighted by Gasteiger charge is -2.46. The van der Waals surface area contributed by atoms with Crippen molar-refractivity contribution in [3.8, 4) is 5.69 Å². The standard InChI is InChI=1S/C29H32BrN5O3/c30-23-24(29(25(23)36)12-2-1-3-13-29)33-22(28(37)38)17-18-6-8-20(9-7-18)35-26(19-10-15-31-16-11-19)34-21-5-4-14-32-27(21)35/h4-9,14,19,22,31,33H,1-3,10-13,15-17H2,(H,37,38)/t22-/m0/s1. The quantitative estimate of drug-likeness (QED) is 0.376. The third-order valence-electron chi connectivity index (χ3n) is 8.44. The smallest absolute Gasteiger partial charge is 0.326 e. The number of fused-ring (bicyclic) bond motifs is 1. The molecule has 1 aromatic carbocycles. The fourth-order valence-corrected chi connectivity index (χ4v) is 7.22. The van der Waals surface area contributed by atoms with Crippen molar-refractivity contribution >= 4 is 38.8 Å². The minimum absolute atomic E-state index is 0.110. The van der Waals surface area contributed by atoms with Crippen LogP contribution >= 0.6 is 15.9 Å². The molecule has 3 aromatic rings. The Kier molecular flexibility index (Phi) is 6.82. The number of hydrogen-bond acceptors (Lipinski definition) is 6. The van der Waals surface area contributed by atoms with E-state index in [1.54, 1.807) is 6.20 Å². The van der Waals surface area contributed by atoms with Crippen molar-refractivity contribution in [2.75, 3.05) is 13.1 Å². The molecule has 2 fully saturated rings. The zero-order chi connectivity index (χ0) is 26.3. The van der Waals surface area contributed by atoms with E-state index in [2.05, 4.69) is 36.1 Å². The highest BCUT2D eigenvalue weighted by molar-refractivity contribution is 9.12. The first-order valence-corrected chi connectivity index (χ1v) is 14.3. The number of aliphatic carboxylic acids is 1. The lowest BCUT2D eigenvalue weighted by atomic mass is 9.62. The van der Waals surface area contributed by atoms with Crippen molar-refractivity contribution in [1.82, 2.24) is 25.2 Å². The van der Waals surface area contributed by atoms with E-state index in [1.165, 1.54) is 0 Å². The van der Waals surface area contributed by atoms with Gasteiger partial charge in [-0.05, 0) is 84.5 Å². The van der Waals surface area contributed by atoms with Crippen molar-refractivity contribution in [2.24, 2.45) is 5.41 Å². The summed E-state index contributed by atoms with van der Waals surface area (Å²) < 4.78 is 2.66. The van der Waals surface area contributed by atoms with Crippen LogP contribution in [0.4, 0.5) is 0 Å². The van der Waals surface area contributed by atoms with Crippen molar-refractivity contribution in [3.63, 3.8) is 0 Å². The molecule has 0 unspecified atom stereocenters. The normalized spacial score (nSPS) is 20.5. The van der Waals surface area contributed by atoms with Gasteiger partial charge in [0, 0.05) is 29.9 Å². The maximum absolute atomic E-state index is 12.7. The molecule has 3 aliphatic rings. The van der Waals surface area contributed by atoms with Crippen molar-refractivity contribution in [3.05, 3.63) is 64.2 Å². The fourth-order valence-electron chi connectivity index (χ4n) is 6.35.